The predicted octanol–water partition coefficient (Wildman–Crippen LogP) is 1.18. The van der Waals surface area contributed by atoms with Crippen LogP contribution in [0.3, 0.4) is 0 Å². The van der Waals surface area contributed by atoms with E-state index in [9.17, 15) is 5.11 Å². The Morgan fingerprint density at radius 3 is 2.92 bits per heavy atom. The molecule has 0 spiro atoms. The lowest BCUT2D eigenvalue weighted by atomic mass is 10.1. The molecule has 0 amide bonds. The molecule has 0 aromatic rings. The van der Waals surface area contributed by atoms with Gasteiger partial charge in [0.05, 0.1) is 6.10 Å². The first-order valence-electron chi connectivity index (χ1n) is 4.45. The van der Waals surface area contributed by atoms with Gasteiger partial charge in [0.2, 0.25) is 0 Å². The minimum atomic E-state index is -0.382. The molecule has 1 N–H and O–H groups in total. The number of hydrogen-bond donors (Lipinski definition) is 1. The Kier molecular flexibility index (Phi) is 3.50. The first-order valence-corrected chi connectivity index (χ1v) is 4.45. The van der Waals surface area contributed by atoms with E-state index in [-0.39, 0.29) is 12.1 Å². The summed E-state index contributed by atoms with van der Waals surface area (Å²) in [7, 11) is 0. The van der Waals surface area contributed by atoms with Crippen molar-refractivity contribution in [2.75, 3.05) is 13.1 Å². The largest absolute Gasteiger partial charge is 0.387 e. The second kappa shape index (κ2) is 4.43. The number of hydrogen-bond acceptors (Lipinski definition) is 2. The van der Waals surface area contributed by atoms with Crippen LogP contribution >= 0.6 is 0 Å². The molecule has 0 radical (unpaired) electrons. The minimum Gasteiger partial charge on any atom is -0.387 e. The maximum Gasteiger partial charge on any atom is 0.0873 e. The Labute approximate surface area is 74.2 Å². The van der Waals surface area contributed by atoms with Crippen molar-refractivity contribution >= 4 is 0 Å². The summed E-state index contributed by atoms with van der Waals surface area (Å²) in [6, 6.07) is 0.264. The third kappa shape index (κ3) is 1.96. The van der Waals surface area contributed by atoms with Crippen LogP contribution in [0.25, 0.3) is 0 Å². The van der Waals surface area contributed by atoms with Crippen LogP contribution in [0.15, 0.2) is 25.3 Å². The molecular weight excluding hydrogens is 150 g/mol. The van der Waals surface area contributed by atoms with Gasteiger partial charge in [-0.05, 0) is 19.4 Å². The monoisotopic (exact) mass is 167 g/mol. The SMILES string of the molecule is C=CCN1CCC[C@H]1[C@H](O)C=C. The van der Waals surface area contributed by atoms with Crippen LogP contribution in [-0.4, -0.2) is 35.2 Å². The van der Waals surface area contributed by atoms with Gasteiger partial charge in [0, 0.05) is 12.6 Å². The van der Waals surface area contributed by atoms with Gasteiger partial charge in [-0.15, -0.1) is 13.2 Å². The molecular formula is C10H17NO. The van der Waals surface area contributed by atoms with Crippen molar-refractivity contribution in [3.63, 3.8) is 0 Å². The zero-order valence-electron chi connectivity index (χ0n) is 7.45. The smallest absolute Gasteiger partial charge is 0.0873 e. The average Bonchev–Trinajstić information content (AvgIpc) is 2.52. The van der Waals surface area contributed by atoms with Crippen molar-refractivity contribution in [3.05, 3.63) is 25.3 Å². The number of aliphatic hydroxyl groups is 1. The summed E-state index contributed by atoms with van der Waals surface area (Å²) in [5.41, 5.74) is 0. The van der Waals surface area contributed by atoms with Crippen LogP contribution < -0.4 is 0 Å². The molecule has 0 bridgehead atoms. The molecule has 12 heavy (non-hydrogen) atoms. The molecule has 1 aliphatic rings. The van der Waals surface area contributed by atoms with Gasteiger partial charge in [-0.3, -0.25) is 4.90 Å². The fourth-order valence-corrected chi connectivity index (χ4v) is 1.79. The summed E-state index contributed by atoms with van der Waals surface area (Å²) >= 11 is 0. The standard InChI is InChI=1S/C10H17NO/c1-3-7-11-8-5-6-9(11)10(12)4-2/h3-4,9-10,12H,1-2,5-8H2/t9-,10+/m0/s1. The number of likely N-dealkylation sites (tertiary alicyclic amines) is 1. The van der Waals surface area contributed by atoms with Gasteiger partial charge >= 0.3 is 0 Å². The summed E-state index contributed by atoms with van der Waals surface area (Å²) in [5.74, 6) is 0. The van der Waals surface area contributed by atoms with E-state index in [0.29, 0.717) is 0 Å². The molecule has 68 valence electrons. The highest BCUT2D eigenvalue weighted by Crippen LogP contribution is 2.20. The van der Waals surface area contributed by atoms with E-state index in [0.717, 1.165) is 19.5 Å². The zero-order chi connectivity index (χ0) is 8.97. The van der Waals surface area contributed by atoms with Crippen molar-refractivity contribution in [3.8, 4) is 0 Å². The van der Waals surface area contributed by atoms with Crippen LogP contribution in [0.5, 0.6) is 0 Å². The fraction of sp³-hybridized carbons (Fsp3) is 0.600. The second-order valence-corrected chi connectivity index (χ2v) is 3.22. The third-order valence-electron chi connectivity index (χ3n) is 2.41. The third-order valence-corrected chi connectivity index (χ3v) is 2.41. The van der Waals surface area contributed by atoms with Crippen molar-refractivity contribution < 1.29 is 5.11 Å². The molecule has 1 rings (SSSR count). The number of nitrogens with zero attached hydrogens (tertiary/aromatic N) is 1. The van der Waals surface area contributed by atoms with E-state index in [1.807, 2.05) is 6.08 Å². The Bertz CT molecular complexity index is 167. The van der Waals surface area contributed by atoms with Gasteiger partial charge in [-0.2, -0.15) is 0 Å². The highest BCUT2D eigenvalue weighted by Gasteiger charge is 2.27. The normalized spacial score (nSPS) is 26.9. The van der Waals surface area contributed by atoms with Gasteiger partial charge in [0.25, 0.3) is 0 Å². The van der Waals surface area contributed by atoms with Crippen molar-refractivity contribution in [1.82, 2.24) is 4.90 Å². The molecule has 0 unspecified atom stereocenters. The molecule has 0 aromatic heterocycles. The molecule has 1 aliphatic heterocycles. The number of rotatable bonds is 4. The molecule has 1 saturated heterocycles. The maximum atomic E-state index is 9.56. The lowest BCUT2D eigenvalue weighted by Gasteiger charge is -2.25. The van der Waals surface area contributed by atoms with E-state index in [4.69, 9.17) is 0 Å². The second-order valence-electron chi connectivity index (χ2n) is 3.22. The topological polar surface area (TPSA) is 23.5 Å². The molecule has 2 heteroatoms. The average molecular weight is 167 g/mol. The Morgan fingerprint density at radius 1 is 1.58 bits per heavy atom. The van der Waals surface area contributed by atoms with Crippen molar-refractivity contribution in [1.29, 1.82) is 0 Å². The fourth-order valence-electron chi connectivity index (χ4n) is 1.79. The molecule has 0 aliphatic carbocycles. The highest BCUT2D eigenvalue weighted by atomic mass is 16.3. The van der Waals surface area contributed by atoms with Gasteiger partial charge in [-0.25, -0.2) is 0 Å². The quantitative estimate of drug-likeness (QED) is 0.636. The van der Waals surface area contributed by atoms with Crippen molar-refractivity contribution in [2.45, 2.75) is 25.0 Å². The molecule has 0 aromatic carbocycles. The van der Waals surface area contributed by atoms with Gasteiger partial charge < -0.3 is 5.11 Å². The highest BCUT2D eigenvalue weighted by molar-refractivity contribution is 4.95. The van der Waals surface area contributed by atoms with Crippen LogP contribution in [0, 0.1) is 0 Å². The van der Waals surface area contributed by atoms with E-state index in [2.05, 4.69) is 18.1 Å². The van der Waals surface area contributed by atoms with Gasteiger partial charge in [-0.1, -0.05) is 12.2 Å². The summed E-state index contributed by atoms with van der Waals surface area (Å²) < 4.78 is 0. The minimum absolute atomic E-state index is 0.264. The van der Waals surface area contributed by atoms with Gasteiger partial charge in [0.15, 0.2) is 0 Å². The lowest BCUT2D eigenvalue weighted by Crippen LogP contribution is -2.37. The zero-order valence-corrected chi connectivity index (χ0v) is 7.45. The van der Waals surface area contributed by atoms with Crippen LogP contribution in [0.4, 0.5) is 0 Å². The first-order chi connectivity index (χ1) is 5.79. The molecule has 2 atom stereocenters. The van der Waals surface area contributed by atoms with Crippen LogP contribution in [0.1, 0.15) is 12.8 Å². The van der Waals surface area contributed by atoms with Crippen LogP contribution in [-0.2, 0) is 0 Å². The Morgan fingerprint density at radius 2 is 2.33 bits per heavy atom. The number of aliphatic hydroxyl groups excluding tert-OH is 1. The first kappa shape index (κ1) is 9.49. The van der Waals surface area contributed by atoms with Crippen molar-refractivity contribution in [2.24, 2.45) is 0 Å². The Hall–Kier alpha value is -0.600. The molecule has 2 nitrogen and oxygen atoms in total. The van der Waals surface area contributed by atoms with Gasteiger partial charge in [0.1, 0.15) is 0 Å². The Balaban J connectivity index is 2.50. The molecule has 1 heterocycles. The lowest BCUT2D eigenvalue weighted by molar-refractivity contribution is 0.115. The predicted molar refractivity (Wildman–Crippen MR) is 51.0 cm³/mol. The summed E-state index contributed by atoms with van der Waals surface area (Å²) in [4.78, 5) is 2.25. The summed E-state index contributed by atoms with van der Waals surface area (Å²) in [6.45, 7) is 9.23. The summed E-state index contributed by atoms with van der Waals surface area (Å²) in [6.07, 6.45) is 5.36. The van der Waals surface area contributed by atoms with Crippen LogP contribution in [0.2, 0.25) is 0 Å². The summed E-state index contributed by atoms with van der Waals surface area (Å²) in [5, 5.41) is 9.56. The van der Waals surface area contributed by atoms with E-state index >= 15 is 0 Å². The maximum absolute atomic E-state index is 9.56. The molecule has 0 saturated carbocycles. The molecule has 1 fully saturated rings. The van der Waals surface area contributed by atoms with E-state index in [1.165, 1.54) is 6.42 Å². The van der Waals surface area contributed by atoms with E-state index < -0.39 is 0 Å². The van der Waals surface area contributed by atoms with E-state index in [1.54, 1.807) is 6.08 Å².